The third-order valence-corrected chi connectivity index (χ3v) is 3.51. The summed E-state index contributed by atoms with van der Waals surface area (Å²) in [5.41, 5.74) is 1.19. The van der Waals surface area contributed by atoms with Crippen LogP contribution in [0.2, 0.25) is 0 Å². The Balaban J connectivity index is 0.000000555. The van der Waals surface area contributed by atoms with Crippen LogP contribution in [0.5, 0.6) is 5.75 Å². The molecule has 0 unspecified atom stereocenters. The second kappa shape index (κ2) is 6.99. The third kappa shape index (κ3) is 7.84. The molecular weight excluding hydrogens is 359 g/mol. The molecule has 0 fully saturated rings. The Morgan fingerprint density at radius 1 is 0.947 bits per heavy atom. The minimum atomic E-state index is -3.72. The number of methoxy groups -OCH3 is 1. The number of benzene rings is 1. The van der Waals surface area contributed by atoms with Crippen LogP contribution in [0.4, 0.5) is 0 Å². The van der Waals surface area contributed by atoms with Gasteiger partial charge < -0.3 is 4.74 Å². The van der Waals surface area contributed by atoms with Crippen LogP contribution in [0.1, 0.15) is 11.1 Å². The van der Waals surface area contributed by atoms with Gasteiger partial charge in [0.05, 0.1) is 12.0 Å². The van der Waals surface area contributed by atoms with E-state index in [9.17, 15) is 8.42 Å². The molecule has 19 heavy (non-hydrogen) atoms. The smallest absolute Gasteiger partial charge is 0.317 e. The molecule has 0 spiro atoms. The zero-order valence-electron chi connectivity index (χ0n) is 10.1. The van der Waals surface area contributed by atoms with E-state index in [0.29, 0.717) is 16.9 Å². The quantitative estimate of drug-likeness (QED) is 0.749. The molecule has 0 saturated carbocycles. The van der Waals surface area contributed by atoms with Crippen molar-refractivity contribution in [3.63, 3.8) is 0 Å². The summed E-state index contributed by atoms with van der Waals surface area (Å²) >= 11 is 0. The lowest BCUT2D eigenvalue weighted by Crippen LogP contribution is -1.99. The first-order valence-electron chi connectivity index (χ1n) is 4.60. The molecule has 10 heteroatoms. The van der Waals surface area contributed by atoms with E-state index in [1.165, 1.54) is 7.11 Å². The monoisotopic (exact) mass is 368 g/mol. The lowest BCUT2D eigenvalue weighted by molar-refractivity contribution is 0.413. The average molecular weight is 370 g/mol. The third-order valence-electron chi connectivity index (χ3n) is 1.91. The molecule has 0 amide bonds. The molecule has 110 valence electrons. The summed E-state index contributed by atoms with van der Waals surface area (Å²) in [6.45, 7) is 3.37. The van der Waals surface area contributed by atoms with Crippen molar-refractivity contribution in [1.29, 1.82) is 0 Å². The molecule has 0 aromatic heterocycles. The van der Waals surface area contributed by atoms with Crippen LogP contribution in [-0.2, 0) is 17.3 Å². The van der Waals surface area contributed by atoms with Crippen LogP contribution in [0.15, 0.2) is 17.0 Å². The molecule has 0 aliphatic rings. The highest BCUT2D eigenvalue weighted by molar-refractivity contribution is 8.31. The average Bonchev–Trinajstić information content (AvgIpc) is 2.11. The lowest BCUT2D eigenvalue weighted by atomic mass is 10.1. The van der Waals surface area contributed by atoms with Gasteiger partial charge in [-0.1, -0.05) is 0 Å². The van der Waals surface area contributed by atoms with Crippen LogP contribution in [0.3, 0.4) is 0 Å². The fourth-order valence-electron chi connectivity index (χ4n) is 1.41. The first-order valence-corrected chi connectivity index (χ1v) is 10.0. The molecular formula is C9H11Cl3O5S2. The lowest BCUT2D eigenvalue weighted by Gasteiger charge is -2.08. The van der Waals surface area contributed by atoms with Gasteiger partial charge in [0.15, 0.2) is 0 Å². The summed E-state index contributed by atoms with van der Waals surface area (Å²) in [6, 6.07) is 3.28. The van der Waals surface area contributed by atoms with Crippen molar-refractivity contribution >= 4 is 49.4 Å². The highest BCUT2D eigenvalue weighted by Crippen LogP contribution is 2.27. The van der Waals surface area contributed by atoms with Crippen LogP contribution in [0, 0.1) is 13.8 Å². The SMILES string of the molecule is COc1cc(C)c(S(=O)(=O)Cl)c(C)c1.O=S(=O)(Cl)Cl. The topological polar surface area (TPSA) is 77.5 Å². The maximum atomic E-state index is 11.2. The van der Waals surface area contributed by atoms with Crippen molar-refractivity contribution < 1.29 is 21.6 Å². The minimum Gasteiger partial charge on any atom is -0.497 e. The molecule has 0 aliphatic carbocycles. The highest BCUT2D eigenvalue weighted by atomic mass is 36.0. The van der Waals surface area contributed by atoms with Gasteiger partial charge in [-0.15, -0.1) is 0 Å². The van der Waals surface area contributed by atoms with E-state index in [2.05, 4.69) is 21.4 Å². The van der Waals surface area contributed by atoms with Crippen LogP contribution in [0.25, 0.3) is 0 Å². The van der Waals surface area contributed by atoms with Gasteiger partial charge in [-0.05, 0) is 37.1 Å². The van der Waals surface area contributed by atoms with E-state index >= 15 is 0 Å². The zero-order valence-corrected chi connectivity index (χ0v) is 14.0. The van der Waals surface area contributed by atoms with Gasteiger partial charge in [-0.25, -0.2) is 8.42 Å². The number of rotatable bonds is 2. The molecule has 0 N–H and O–H groups in total. The predicted octanol–water partition coefficient (Wildman–Crippen LogP) is 2.95. The van der Waals surface area contributed by atoms with E-state index in [-0.39, 0.29) is 4.90 Å². The standard InChI is InChI=1S/C9H11ClO3S.Cl2O2S/c1-6-4-8(13-3)5-7(2)9(6)14(10,11)12;1-5(2,3)4/h4-5H,1-3H3;. The molecule has 5 nitrogen and oxygen atoms in total. The van der Waals surface area contributed by atoms with Gasteiger partial charge >= 0.3 is 8.26 Å². The largest absolute Gasteiger partial charge is 0.497 e. The number of halogens is 3. The zero-order chi connectivity index (χ0) is 15.4. The molecule has 0 aliphatic heterocycles. The molecule has 0 radical (unpaired) electrons. The first kappa shape index (κ1) is 18.8. The molecule has 1 aromatic rings. The summed E-state index contributed by atoms with van der Waals surface area (Å²) in [7, 11) is 7.97. The van der Waals surface area contributed by atoms with Crippen LogP contribution < -0.4 is 4.74 Å². The van der Waals surface area contributed by atoms with Crippen molar-refractivity contribution in [1.82, 2.24) is 0 Å². The van der Waals surface area contributed by atoms with Gasteiger partial charge in [0, 0.05) is 32.0 Å². The number of hydrogen-bond donors (Lipinski definition) is 0. The number of ether oxygens (including phenoxy) is 1. The normalized spacial score (nSPS) is 11.5. The molecule has 0 saturated heterocycles. The highest BCUT2D eigenvalue weighted by Gasteiger charge is 2.17. The van der Waals surface area contributed by atoms with Gasteiger partial charge in [0.2, 0.25) is 0 Å². The maximum Gasteiger partial charge on any atom is 0.317 e. The second-order valence-electron chi connectivity index (χ2n) is 3.41. The van der Waals surface area contributed by atoms with Gasteiger partial charge in [-0.3, -0.25) is 0 Å². The van der Waals surface area contributed by atoms with Crippen LogP contribution in [-0.4, -0.2) is 23.9 Å². The van der Waals surface area contributed by atoms with Gasteiger partial charge in [0.25, 0.3) is 9.05 Å². The Morgan fingerprint density at radius 3 is 1.47 bits per heavy atom. The van der Waals surface area contributed by atoms with Crippen molar-refractivity contribution in [3.8, 4) is 5.75 Å². The summed E-state index contributed by atoms with van der Waals surface area (Å²) in [5, 5.41) is 0. The van der Waals surface area contributed by atoms with Crippen LogP contribution >= 0.6 is 32.0 Å². The fourth-order valence-corrected chi connectivity index (χ4v) is 3.03. The predicted molar refractivity (Wildman–Crippen MR) is 76.1 cm³/mol. The summed E-state index contributed by atoms with van der Waals surface area (Å²) in [6.07, 6.45) is 0. The molecule has 0 atom stereocenters. The van der Waals surface area contributed by atoms with E-state index in [0.717, 1.165) is 0 Å². The van der Waals surface area contributed by atoms with Crippen molar-refractivity contribution in [3.05, 3.63) is 23.3 Å². The van der Waals surface area contributed by atoms with Gasteiger partial charge in [0.1, 0.15) is 5.75 Å². The van der Waals surface area contributed by atoms with Crippen molar-refractivity contribution in [2.45, 2.75) is 18.7 Å². The fraction of sp³-hybridized carbons (Fsp3) is 0.333. The minimum absolute atomic E-state index is 0.167. The van der Waals surface area contributed by atoms with E-state index in [4.69, 9.17) is 23.8 Å². The summed E-state index contributed by atoms with van der Waals surface area (Å²) in [4.78, 5) is 0.167. The Bertz CT molecular complexity index is 621. The molecule has 0 bridgehead atoms. The van der Waals surface area contributed by atoms with E-state index in [1.807, 2.05) is 0 Å². The van der Waals surface area contributed by atoms with Crippen molar-refractivity contribution in [2.24, 2.45) is 0 Å². The summed E-state index contributed by atoms with van der Waals surface area (Å²) in [5.74, 6) is 0.629. The first-order chi connectivity index (χ1) is 8.36. The maximum absolute atomic E-state index is 11.2. The Labute approximate surface area is 125 Å². The molecule has 0 heterocycles. The Hall–Kier alpha value is -0.210. The summed E-state index contributed by atoms with van der Waals surface area (Å²) < 4.78 is 45.7. The second-order valence-corrected chi connectivity index (χ2v) is 9.58. The van der Waals surface area contributed by atoms with E-state index in [1.54, 1.807) is 26.0 Å². The Morgan fingerprint density at radius 2 is 1.26 bits per heavy atom. The number of aryl methyl sites for hydroxylation is 2. The molecule has 1 aromatic carbocycles. The number of hydrogen-bond acceptors (Lipinski definition) is 5. The van der Waals surface area contributed by atoms with Gasteiger partial charge in [-0.2, -0.15) is 8.42 Å². The molecule has 1 rings (SSSR count). The van der Waals surface area contributed by atoms with E-state index < -0.39 is 17.3 Å². The van der Waals surface area contributed by atoms with Crippen molar-refractivity contribution in [2.75, 3.05) is 7.11 Å². The Kier molecular flexibility index (Phi) is 6.91.